The molecule has 0 fully saturated rings. The van der Waals surface area contributed by atoms with Crippen LogP contribution in [0.5, 0.6) is 0 Å². The molecule has 0 aromatic heterocycles. The summed E-state index contributed by atoms with van der Waals surface area (Å²) >= 11 is 3.27. The zero-order valence-corrected chi connectivity index (χ0v) is 15.9. The first kappa shape index (κ1) is 20.1. The smallest absolute Gasteiger partial charge is 0.293 e. The fraction of sp³-hybridized carbons (Fsp3) is 0.438. The predicted octanol–water partition coefficient (Wildman–Crippen LogP) is -0.360. The molecule has 0 bridgehead atoms. The van der Waals surface area contributed by atoms with Gasteiger partial charge < -0.3 is 10.2 Å². The Balaban J connectivity index is 2.39. The van der Waals surface area contributed by atoms with Crippen LogP contribution in [0, 0.1) is 0 Å². The summed E-state index contributed by atoms with van der Waals surface area (Å²) in [6.45, 7) is 5.91. The van der Waals surface area contributed by atoms with Crippen molar-refractivity contribution >= 4 is 33.7 Å². The second-order valence-electron chi connectivity index (χ2n) is 6.59. The van der Waals surface area contributed by atoms with Crippen molar-refractivity contribution in [3.63, 3.8) is 0 Å². The van der Waals surface area contributed by atoms with E-state index >= 15 is 0 Å². The fourth-order valence-corrected chi connectivity index (χ4v) is 2.42. The summed E-state index contributed by atoms with van der Waals surface area (Å²) in [4.78, 5) is 36.3. The Hall–Kier alpha value is -1.93. The van der Waals surface area contributed by atoms with Crippen molar-refractivity contribution < 1.29 is 19.3 Å². The molecule has 3 amide bonds. The van der Waals surface area contributed by atoms with Gasteiger partial charge in [0.05, 0.1) is 12.6 Å². The minimum atomic E-state index is -0.418. The Morgan fingerprint density at radius 2 is 1.62 bits per heavy atom. The zero-order chi connectivity index (χ0) is 18.3. The number of halogens is 1. The number of carbonyl (C=O) groups excluding carboxylic acids is 3. The number of likely N-dealkylation sites (N-methyl/N-ethyl adjacent to an activating group) is 1. The topological polar surface area (TPSA) is 91.7 Å². The molecule has 0 radical (unpaired) electrons. The van der Waals surface area contributed by atoms with Gasteiger partial charge >= 0.3 is 0 Å². The van der Waals surface area contributed by atoms with Gasteiger partial charge in [0.1, 0.15) is 0 Å². The summed E-state index contributed by atoms with van der Waals surface area (Å²) in [5, 5.41) is 2.83. The standard InChI is InChI=1S/C16H23BrN4O3/c1-16(2,3)18-13(22)9-21(4)10-14(23)19-20-15(24)11-7-5-6-8-12(11)17/h5-8H,9-10H2,1-4H3,(H,18,22)(H,19,23)(H,20,24)/p+1. The number of benzene rings is 1. The molecule has 1 unspecified atom stereocenters. The van der Waals surface area contributed by atoms with E-state index in [1.165, 1.54) is 0 Å². The van der Waals surface area contributed by atoms with Crippen LogP contribution in [0.25, 0.3) is 0 Å². The van der Waals surface area contributed by atoms with E-state index in [1.807, 2.05) is 20.8 Å². The van der Waals surface area contributed by atoms with E-state index in [2.05, 4.69) is 32.1 Å². The normalized spacial score (nSPS) is 12.2. The molecule has 0 spiro atoms. The SMILES string of the molecule is C[NH+](CC(=O)NNC(=O)c1ccccc1Br)CC(=O)NC(C)(C)C. The van der Waals surface area contributed by atoms with Crippen molar-refractivity contribution in [1.82, 2.24) is 16.2 Å². The monoisotopic (exact) mass is 399 g/mol. The molecule has 0 aliphatic carbocycles. The number of hydrazine groups is 1. The van der Waals surface area contributed by atoms with Crippen LogP contribution in [-0.2, 0) is 9.59 Å². The Bertz CT molecular complexity index is 614. The van der Waals surface area contributed by atoms with Crippen LogP contribution < -0.4 is 21.1 Å². The number of hydrogen-bond acceptors (Lipinski definition) is 3. The largest absolute Gasteiger partial charge is 0.347 e. The van der Waals surface area contributed by atoms with Gasteiger partial charge in [0, 0.05) is 10.0 Å². The number of quaternary nitrogens is 1. The molecule has 1 aromatic rings. The molecule has 0 saturated heterocycles. The van der Waals surface area contributed by atoms with Gasteiger partial charge in [-0.15, -0.1) is 0 Å². The summed E-state index contributed by atoms with van der Waals surface area (Å²) in [5.74, 6) is -0.930. The van der Waals surface area contributed by atoms with Crippen LogP contribution in [-0.4, -0.2) is 43.4 Å². The molecule has 1 atom stereocenters. The minimum Gasteiger partial charge on any atom is -0.347 e. The van der Waals surface area contributed by atoms with Crippen LogP contribution in [0.1, 0.15) is 31.1 Å². The summed E-state index contributed by atoms with van der Waals surface area (Å²) in [5.41, 5.74) is 4.81. The first-order valence-corrected chi connectivity index (χ1v) is 8.34. The lowest BCUT2D eigenvalue weighted by atomic mass is 10.1. The van der Waals surface area contributed by atoms with Gasteiger partial charge in [-0.3, -0.25) is 25.2 Å². The van der Waals surface area contributed by atoms with Gasteiger partial charge in [0.2, 0.25) is 0 Å². The molecule has 132 valence electrons. The highest BCUT2D eigenvalue weighted by atomic mass is 79.9. The van der Waals surface area contributed by atoms with Gasteiger partial charge in [-0.05, 0) is 48.8 Å². The van der Waals surface area contributed by atoms with Crippen molar-refractivity contribution in [3.05, 3.63) is 34.3 Å². The van der Waals surface area contributed by atoms with Crippen molar-refractivity contribution in [2.24, 2.45) is 0 Å². The summed E-state index contributed by atoms with van der Waals surface area (Å²) < 4.78 is 0.637. The van der Waals surface area contributed by atoms with E-state index in [0.29, 0.717) is 14.9 Å². The third-order valence-electron chi connectivity index (χ3n) is 2.87. The molecule has 0 aliphatic rings. The Labute approximate surface area is 150 Å². The second-order valence-corrected chi connectivity index (χ2v) is 7.45. The number of carbonyl (C=O) groups is 3. The summed E-state index contributed by atoms with van der Waals surface area (Å²) in [7, 11) is 1.73. The van der Waals surface area contributed by atoms with E-state index < -0.39 is 5.91 Å². The molecule has 24 heavy (non-hydrogen) atoms. The summed E-state index contributed by atoms with van der Waals surface area (Å²) in [6, 6.07) is 6.90. The van der Waals surface area contributed by atoms with Crippen LogP contribution in [0.2, 0.25) is 0 Å². The number of rotatable bonds is 5. The molecule has 7 nitrogen and oxygen atoms in total. The van der Waals surface area contributed by atoms with Crippen LogP contribution >= 0.6 is 15.9 Å². The molecule has 1 aromatic carbocycles. The number of amides is 3. The van der Waals surface area contributed by atoms with Gasteiger partial charge in [-0.2, -0.15) is 0 Å². The maximum atomic E-state index is 12.0. The Morgan fingerprint density at radius 1 is 1.04 bits per heavy atom. The maximum Gasteiger partial charge on any atom is 0.293 e. The second kappa shape index (κ2) is 8.79. The van der Waals surface area contributed by atoms with Gasteiger partial charge in [-0.25, -0.2) is 0 Å². The van der Waals surface area contributed by atoms with Crippen LogP contribution in [0.3, 0.4) is 0 Å². The van der Waals surface area contributed by atoms with Crippen LogP contribution in [0.15, 0.2) is 28.7 Å². The maximum absolute atomic E-state index is 12.0. The number of nitrogens with one attached hydrogen (secondary N) is 4. The van der Waals surface area contributed by atoms with E-state index in [-0.39, 0.29) is 30.4 Å². The lowest BCUT2D eigenvalue weighted by Gasteiger charge is -2.21. The van der Waals surface area contributed by atoms with E-state index in [4.69, 9.17) is 0 Å². The van der Waals surface area contributed by atoms with Gasteiger partial charge in [-0.1, -0.05) is 12.1 Å². The Morgan fingerprint density at radius 3 is 2.21 bits per heavy atom. The van der Waals surface area contributed by atoms with Crippen LogP contribution in [0.4, 0.5) is 0 Å². The predicted molar refractivity (Wildman–Crippen MR) is 94.3 cm³/mol. The van der Waals surface area contributed by atoms with Gasteiger partial charge in [0.15, 0.2) is 13.1 Å². The highest BCUT2D eigenvalue weighted by molar-refractivity contribution is 9.10. The minimum absolute atomic E-state index is 0.0633. The highest BCUT2D eigenvalue weighted by Gasteiger charge is 2.19. The molecular weight excluding hydrogens is 376 g/mol. The number of hydrogen-bond donors (Lipinski definition) is 4. The van der Waals surface area contributed by atoms with Crippen molar-refractivity contribution in [1.29, 1.82) is 0 Å². The van der Waals surface area contributed by atoms with Gasteiger partial charge in [0.25, 0.3) is 17.7 Å². The van der Waals surface area contributed by atoms with E-state index in [0.717, 1.165) is 0 Å². The molecule has 8 heteroatoms. The molecular formula is C16H24BrN4O3+. The zero-order valence-electron chi connectivity index (χ0n) is 14.3. The lowest BCUT2D eigenvalue weighted by Crippen LogP contribution is -3.11. The third kappa shape index (κ3) is 7.56. The van der Waals surface area contributed by atoms with Crippen molar-refractivity contribution in [3.8, 4) is 0 Å². The quantitative estimate of drug-likeness (QED) is 0.509. The molecule has 0 heterocycles. The molecule has 4 N–H and O–H groups in total. The molecule has 0 aliphatic heterocycles. The van der Waals surface area contributed by atoms with E-state index in [9.17, 15) is 14.4 Å². The summed E-state index contributed by atoms with van der Waals surface area (Å²) in [6.07, 6.45) is 0. The highest BCUT2D eigenvalue weighted by Crippen LogP contribution is 2.14. The molecule has 1 rings (SSSR count). The average Bonchev–Trinajstić information content (AvgIpc) is 2.42. The Kier molecular flexibility index (Phi) is 7.37. The van der Waals surface area contributed by atoms with E-state index in [1.54, 1.807) is 31.3 Å². The first-order chi connectivity index (χ1) is 11.1. The fourth-order valence-electron chi connectivity index (χ4n) is 1.96. The molecule has 0 saturated carbocycles. The lowest BCUT2D eigenvalue weighted by molar-refractivity contribution is -0.862. The third-order valence-corrected chi connectivity index (χ3v) is 3.56. The van der Waals surface area contributed by atoms with Crippen molar-refractivity contribution in [2.45, 2.75) is 26.3 Å². The van der Waals surface area contributed by atoms with Crippen molar-refractivity contribution in [2.75, 3.05) is 20.1 Å². The first-order valence-electron chi connectivity index (χ1n) is 7.54. The average molecular weight is 400 g/mol.